The SMILES string of the molecule is CSCCC(NC(=O)C(CC(C)C)NC(=O)C(Cc1cnc[nH]1)NC(=O)CNC(=O)C(NC(=O)C(C)NC(=O)C(N)Cc1c[nH]c2ccccc12)C(C)C)C(N)=O. The van der Waals surface area contributed by atoms with E-state index >= 15 is 0 Å². The molecule has 18 nitrogen and oxygen atoms in total. The highest BCUT2D eigenvalue weighted by Crippen LogP contribution is 2.19. The highest BCUT2D eigenvalue weighted by atomic mass is 32.2. The summed E-state index contributed by atoms with van der Waals surface area (Å²) >= 11 is 1.49. The van der Waals surface area contributed by atoms with Crippen molar-refractivity contribution >= 4 is 64.0 Å². The lowest BCUT2D eigenvalue weighted by atomic mass is 10.0. The molecule has 57 heavy (non-hydrogen) atoms. The molecule has 3 aromatic rings. The quantitative estimate of drug-likeness (QED) is 0.0586. The molecule has 0 aliphatic carbocycles. The molecule has 2 heterocycles. The Balaban J connectivity index is 1.60. The zero-order chi connectivity index (χ0) is 42.2. The van der Waals surface area contributed by atoms with Crippen LogP contribution in [-0.4, -0.2) is 111 Å². The van der Waals surface area contributed by atoms with Crippen molar-refractivity contribution in [1.29, 1.82) is 0 Å². The molecule has 3 rings (SSSR count). The fourth-order valence-electron chi connectivity index (χ4n) is 5.95. The molecule has 6 unspecified atom stereocenters. The number of aromatic nitrogens is 3. The Hall–Kier alpha value is -5.43. The van der Waals surface area contributed by atoms with E-state index in [1.807, 2.05) is 44.4 Å². The number of H-pyrrole nitrogens is 2. The first-order chi connectivity index (χ1) is 27.0. The number of hydrogen-bond acceptors (Lipinski definition) is 10. The molecule has 1 aromatic carbocycles. The van der Waals surface area contributed by atoms with Crippen LogP contribution in [0.1, 0.15) is 58.7 Å². The van der Waals surface area contributed by atoms with Crippen LogP contribution in [0.2, 0.25) is 0 Å². The van der Waals surface area contributed by atoms with Crippen molar-refractivity contribution in [3.8, 4) is 0 Å². The molecule has 12 N–H and O–H groups in total. The van der Waals surface area contributed by atoms with E-state index in [9.17, 15) is 33.6 Å². The summed E-state index contributed by atoms with van der Waals surface area (Å²) in [5.41, 5.74) is 14.0. The number of carbonyl (C=O) groups excluding carboxylic acids is 7. The normalized spacial score (nSPS) is 14.5. The number of hydrogen-bond donors (Lipinski definition) is 10. The van der Waals surface area contributed by atoms with Crippen molar-refractivity contribution < 1.29 is 33.6 Å². The summed E-state index contributed by atoms with van der Waals surface area (Å²) in [7, 11) is 0. The van der Waals surface area contributed by atoms with Gasteiger partial charge in [0.2, 0.25) is 41.4 Å². The van der Waals surface area contributed by atoms with Crippen LogP contribution >= 0.6 is 11.8 Å². The second-order valence-electron chi connectivity index (χ2n) is 14.7. The average molecular weight is 812 g/mol. The molecular weight excluding hydrogens is 755 g/mol. The zero-order valence-electron chi connectivity index (χ0n) is 33.3. The smallest absolute Gasteiger partial charge is 0.243 e. The minimum Gasteiger partial charge on any atom is -0.368 e. The van der Waals surface area contributed by atoms with Crippen molar-refractivity contribution in [1.82, 2.24) is 46.9 Å². The van der Waals surface area contributed by atoms with Gasteiger partial charge in [-0.05, 0) is 61.7 Å². The molecule has 0 radical (unpaired) electrons. The van der Waals surface area contributed by atoms with E-state index in [1.165, 1.54) is 31.2 Å². The Morgan fingerprint density at radius 1 is 0.789 bits per heavy atom. The third-order valence-electron chi connectivity index (χ3n) is 9.11. The molecule has 7 amide bonds. The third-order valence-corrected chi connectivity index (χ3v) is 9.76. The number of imidazole rings is 1. The van der Waals surface area contributed by atoms with E-state index in [0.717, 1.165) is 16.5 Å². The summed E-state index contributed by atoms with van der Waals surface area (Å²) in [6.07, 6.45) is 7.28. The summed E-state index contributed by atoms with van der Waals surface area (Å²) in [6, 6.07) is 1.38. The predicted molar refractivity (Wildman–Crippen MR) is 217 cm³/mol. The van der Waals surface area contributed by atoms with Gasteiger partial charge < -0.3 is 53.3 Å². The van der Waals surface area contributed by atoms with Crippen LogP contribution in [0.25, 0.3) is 10.9 Å². The van der Waals surface area contributed by atoms with E-state index in [1.54, 1.807) is 20.0 Å². The number of carbonyl (C=O) groups is 7. The third kappa shape index (κ3) is 14.5. The van der Waals surface area contributed by atoms with E-state index in [4.69, 9.17) is 11.5 Å². The van der Waals surface area contributed by atoms with Gasteiger partial charge >= 0.3 is 0 Å². The lowest BCUT2D eigenvalue weighted by molar-refractivity contribution is -0.134. The first-order valence-electron chi connectivity index (χ1n) is 18.8. The molecule has 0 bridgehead atoms. The molecule has 312 valence electrons. The molecule has 2 aromatic heterocycles. The molecule has 0 aliphatic heterocycles. The van der Waals surface area contributed by atoms with Crippen LogP contribution in [0.3, 0.4) is 0 Å². The molecule has 6 atom stereocenters. The second kappa shape index (κ2) is 22.3. The van der Waals surface area contributed by atoms with Gasteiger partial charge in [-0.3, -0.25) is 33.6 Å². The topological polar surface area (TPSA) is 288 Å². The van der Waals surface area contributed by atoms with Crippen molar-refractivity contribution in [2.24, 2.45) is 23.3 Å². The first kappa shape index (κ1) is 46.0. The number of thioether (sulfide) groups is 1. The van der Waals surface area contributed by atoms with Crippen LogP contribution in [0.4, 0.5) is 0 Å². The number of nitrogens with zero attached hydrogens (tertiary/aromatic N) is 1. The Morgan fingerprint density at radius 2 is 1.47 bits per heavy atom. The largest absolute Gasteiger partial charge is 0.368 e. The van der Waals surface area contributed by atoms with Crippen molar-refractivity contribution in [2.75, 3.05) is 18.6 Å². The summed E-state index contributed by atoms with van der Waals surface area (Å²) < 4.78 is 0. The Morgan fingerprint density at radius 3 is 2.11 bits per heavy atom. The van der Waals surface area contributed by atoms with E-state index in [2.05, 4.69) is 46.9 Å². The van der Waals surface area contributed by atoms with E-state index in [0.29, 0.717) is 17.9 Å². The maximum Gasteiger partial charge on any atom is 0.243 e. The Labute approximate surface area is 336 Å². The van der Waals surface area contributed by atoms with Gasteiger partial charge in [0, 0.05) is 35.4 Å². The summed E-state index contributed by atoms with van der Waals surface area (Å²) in [5.74, 6) is -4.42. The molecule has 0 aliphatic rings. The van der Waals surface area contributed by atoms with Gasteiger partial charge in [0.25, 0.3) is 0 Å². The monoisotopic (exact) mass is 811 g/mol. The zero-order valence-corrected chi connectivity index (χ0v) is 34.1. The molecule has 0 fully saturated rings. The van der Waals surface area contributed by atoms with Crippen molar-refractivity contribution in [2.45, 2.75) is 96.6 Å². The number of rotatable bonds is 23. The van der Waals surface area contributed by atoms with Gasteiger partial charge in [-0.25, -0.2) is 4.98 Å². The Kier molecular flexibility index (Phi) is 18.0. The number of nitrogens with one attached hydrogen (secondary N) is 8. The minimum absolute atomic E-state index is 0.0289. The van der Waals surface area contributed by atoms with E-state index < -0.39 is 90.1 Å². The van der Waals surface area contributed by atoms with Crippen molar-refractivity contribution in [3.63, 3.8) is 0 Å². The van der Waals surface area contributed by atoms with Gasteiger partial charge in [-0.2, -0.15) is 11.8 Å². The fourth-order valence-corrected chi connectivity index (χ4v) is 6.42. The number of benzene rings is 1. The molecular formula is C38H57N11O7S. The van der Waals surface area contributed by atoms with Crippen LogP contribution in [0.15, 0.2) is 43.0 Å². The first-order valence-corrected chi connectivity index (χ1v) is 20.2. The van der Waals surface area contributed by atoms with Crippen molar-refractivity contribution in [3.05, 3.63) is 54.2 Å². The number of amides is 7. The second-order valence-corrected chi connectivity index (χ2v) is 15.7. The fraction of sp³-hybridized carbons (Fsp3) is 0.526. The lowest BCUT2D eigenvalue weighted by Crippen LogP contribution is -2.58. The summed E-state index contributed by atoms with van der Waals surface area (Å²) in [4.78, 5) is 101. The lowest BCUT2D eigenvalue weighted by Gasteiger charge is -2.26. The molecule has 0 saturated carbocycles. The van der Waals surface area contributed by atoms with E-state index in [-0.39, 0.29) is 25.2 Å². The standard InChI is InChI=1S/C38H57N11O7S/c1-20(2)13-29(36(54)47-28(33(40)51)11-12-57-6)48-37(55)30(15-24-17-41-19-44-24)46-31(50)18-43-38(56)32(21(3)4)49-34(52)22(5)45-35(53)26(39)14-23-16-42-27-10-8-7-9-25(23)27/h7-10,16-17,19-22,26,28-30,32,42H,11-15,18,39H2,1-6H3,(H2,40,51)(H,41,44)(H,43,56)(H,45,53)(H,46,50)(H,47,54)(H,48,55)(H,49,52). The molecule has 0 saturated heterocycles. The summed E-state index contributed by atoms with van der Waals surface area (Å²) in [6.45, 7) is 8.05. The number of nitrogens with two attached hydrogens (primary N) is 2. The number of fused-ring (bicyclic) bond motifs is 1. The average Bonchev–Trinajstić information content (AvgIpc) is 3.83. The van der Waals surface area contributed by atoms with Gasteiger partial charge in [-0.15, -0.1) is 0 Å². The number of para-hydroxylation sites is 1. The highest BCUT2D eigenvalue weighted by Gasteiger charge is 2.31. The minimum atomic E-state index is -1.20. The van der Waals surface area contributed by atoms with Crippen LogP contribution in [0, 0.1) is 11.8 Å². The van der Waals surface area contributed by atoms with Crippen LogP contribution in [0.5, 0.6) is 0 Å². The molecule has 0 spiro atoms. The predicted octanol–water partition coefficient (Wildman–Crippen LogP) is -0.496. The summed E-state index contributed by atoms with van der Waals surface area (Å²) in [5, 5.41) is 16.6. The maximum absolute atomic E-state index is 13.7. The van der Waals surface area contributed by atoms with Gasteiger partial charge in [0.05, 0.1) is 18.9 Å². The van der Waals surface area contributed by atoms with Gasteiger partial charge in [0.1, 0.15) is 30.2 Å². The van der Waals surface area contributed by atoms with Crippen LogP contribution < -0.4 is 43.4 Å². The maximum atomic E-state index is 13.7. The van der Waals surface area contributed by atoms with Gasteiger partial charge in [-0.1, -0.05) is 45.9 Å². The Bertz CT molecular complexity index is 1830. The molecule has 19 heteroatoms. The highest BCUT2D eigenvalue weighted by molar-refractivity contribution is 7.98. The van der Waals surface area contributed by atoms with Gasteiger partial charge in [0.15, 0.2) is 0 Å². The number of aromatic amines is 2. The number of primary amides is 1. The van der Waals surface area contributed by atoms with Crippen LogP contribution in [-0.2, 0) is 46.4 Å².